The van der Waals surface area contributed by atoms with Gasteiger partial charge in [0.25, 0.3) is 0 Å². The first-order chi connectivity index (χ1) is 8.56. The SMILES string of the molecule is Cc1ccc(NCc2ccc(Br)c(Cl)c2)c(F)c1. The highest BCUT2D eigenvalue weighted by atomic mass is 79.9. The first-order valence-electron chi connectivity index (χ1n) is 5.50. The summed E-state index contributed by atoms with van der Waals surface area (Å²) in [5.41, 5.74) is 2.41. The van der Waals surface area contributed by atoms with Crippen LogP contribution in [0.4, 0.5) is 10.1 Å². The lowest BCUT2D eigenvalue weighted by Gasteiger charge is -2.09. The Hall–Kier alpha value is -1.06. The largest absolute Gasteiger partial charge is 0.379 e. The lowest BCUT2D eigenvalue weighted by atomic mass is 10.2. The molecule has 18 heavy (non-hydrogen) atoms. The van der Waals surface area contributed by atoms with Crippen LogP contribution in [0.1, 0.15) is 11.1 Å². The Kier molecular flexibility index (Phi) is 4.25. The van der Waals surface area contributed by atoms with E-state index in [9.17, 15) is 4.39 Å². The van der Waals surface area contributed by atoms with E-state index < -0.39 is 0 Å². The molecule has 2 rings (SSSR count). The third-order valence-corrected chi connectivity index (χ3v) is 3.82. The summed E-state index contributed by atoms with van der Waals surface area (Å²) < 4.78 is 14.5. The van der Waals surface area contributed by atoms with Gasteiger partial charge in [0.15, 0.2) is 0 Å². The maximum atomic E-state index is 13.6. The molecule has 0 unspecified atom stereocenters. The van der Waals surface area contributed by atoms with Gasteiger partial charge in [0.1, 0.15) is 5.82 Å². The smallest absolute Gasteiger partial charge is 0.146 e. The fourth-order valence-electron chi connectivity index (χ4n) is 1.61. The Bertz CT molecular complexity index is 572. The highest BCUT2D eigenvalue weighted by molar-refractivity contribution is 9.10. The quantitative estimate of drug-likeness (QED) is 0.820. The molecule has 0 aromatic heterocycles. The van der Waals surface area contributed by atoms with Gasteiger partial charge in [0.05, 0.1) is 10.7 Å². The van der Waals surface area contributed by atoms with Gasteiger partial charge >= 0.3 is 0 Å². The van der Waals surface area contributed by atoms with Crippen LogP contribution in [0.3, 0.4) is 0 Å². The third-order valence-electron chi connectivity index (χ3n) is 2.59. The number of rotatable bonds is 3. The summed E-state index contributed by atoms with van der Waals surface area (Å²) in [6.45, 7) is 2.40. The van der Waals surface area contributed by atoms with Crippen molar-refractivity contribution in [2.45, 2.75) is 13.5 Å². The second kappa shape index (κ2) is 5.72. The average molecular weight is 329 g/mol. The van der Waals surface area contributed by atoms with Crippen molar-refractivity contribution in [3.8, 4) is 0 Å². The molecule has 0 heterocycles. The molecule has 0 saturated heterocycles. The molecule has 2 aromatic carbocycles. The fraction of sp³-hybridized carbons (Fsp3) is 0.143. The van der Waals surface area contributed by atoms with E-state index in [2.05, 4.69) is 21.2 Å². The summed E-state index contributed by atoms with van der Waals surface area (Å²) in [7, 11) is 0. The number of halogens is 3. The zero-order valence-corrected chi connectivity index (χ0v) is 12.1. The second-order valence-corrected chi connectivity index (χ2v) is 5.35. The molecule has 1 N–H and O–H groups in total. The van der Waals surface area contributed by atoms with Crippen molar-refractivity contribution in [2.75, 3.05) is 5.32 Å². The summed E-state index contributed by atoms with van der Waals surface area (Å²) in [6, 6.07) is 10.8. The summed E-state index contributed by atoms with van der Waals surface area (Å²) >= 11 is 9.33. The molecule has 4 heteroatoms. The van der Waals surface area contributed by atoms with Crippen molar-refractivity contribution < 1.29 is 4.39 Å². The van der Waals surface area contributed by atoms with Crippen molar-refractivity contribution in [3.05, 3.63) is 62.8 Å². The molecule has 0 radical (unpaired) electrons. The van der Waals surface area contributed by atoms with Gasteiger partial charge in [-0.2, -0.15) is 0 Å². The molecule has 0 fully saturated rings. The molecule has 1 nitrogen and oxygen atoms in total. The molecule has 0 aliphatic heterocycles. The first-order valence-corrected chi connectivity index (χ1v) is 6.67. The average Bonchev–Trinajstić information content (AvgIpc) is 2.32. The molecular weight excluding hydrogens is 317 g/mol. The van der Waals surface area contributed by atoms with Crippen molar-refractivity contribution in [2.24, 2.45) is 0 Å². The maximum Gasteiger partial charge on any atom is 0.146 e. The van der Waals surface area contributed by atoms with Crippen molar-refractivity contribution in [1.82, 2.24) is 0 Å². The number of hydrogen-bond acceptors (Lipinski definition) is 1. The summed E-state index contributed by atoms with van der Waals surface area (Å²) in [5.74, 6) is -0.238. The van der Waals surface area contributed by atoms with Crippen LogP contribution in [-0.2, 0) is 6.54 Å². The van der Waals surface area contributed by atoms with Gasteiger partial charge in [-0.3, -0.25) is 0 Å². The van der Waals surface area contributed by atoms with E-state index in [1.807, 2.05) is 31.2 Å². The van der Waals surface area contributed by atoms with Crippen molar-refractivity contribution in [1.29, 1.82) is 0 Å². The van der Waals surface area contributed by atoms with E-state index in [1.165, 1.54) is 6.07 Å². The number of anilines is 1. The van der Waals surface area contributed by atoms with E-state index in [0.717, 1.165) is 15.6 Å². The van der Waals surface area contributed by atoms with E-state index in [1.54, 1.807) is 6.07 Å². The Morgan fingerprint density at radius 3 is 2.67 bits per heavy atom. The maximum absolute atomic E-state index is 13.6. The van der Waals surface area contributed by atoms with Gasteiger partial charge in [-0.05, 0) is 58.2 Å². The van der Waals surface area contributed by atoms with Gasteiger partial charge < -0.3 is 5.32 Å². The van der Waals surface area contributed by atoms with Crippen LogP contribution in [0, 0.1) is 12.7 Å². The number of aryl methyl sites for hydroxylation is 1. The van der Waals surface area contributed by atoms with Crippen LogP contribution in [-0.4, -0.2) is 0 Å². The van der Waals surface area contributed by atoms with Crippen LogP contribution in [0.2, 0.25) is 5.02 Å². The highest BCUT2D eigenvalue weighted by Gasteiger charge is 2.03. The van der Waals surface area contributed by atoms with Crippen LogP contribution in [0.15, 0.2) is 40.9 Å². The number of hydrogen-bond donors (Lipinski definition) is 1. The summed E-state index contributed by atoms with van der Waals surface area (Å²) in [6.07, 6.45) is 0. The molecule has 94 valence electrons. The molecular formula is C14H12BrClFN. The summed E-state index contributed by atoms with van der Waals surface area (Å²) in [4.78, 5) is 0. The van der Waals surface area contributed by atoms with E-state index in [0.29, 0.717) is 17.3 Å². The van der Waals surface area contributed by atoms with Crippen LogP contribution < -0.4 is 5.32 Å². The lowest BCUT2D eigenvalue weighted by Crippen LogP contribution is -2.01. The van der Waals surface area contributed by atoms with E-state index >= 15 is 0 Å². The molecule has 0 aliphatic rings. The topological polar surface area (TPSA) is 12.0 Å². The lowest BCUT2D eigenvalue weighted by molar-refractivity contribution is 0.629. The fourth-order valence-corrected chi connectivity index (χ4v) is 2.06. The minimum Gasteiger partial charge on any atom is -0.379 e. The first kappa shape index (κ1) is 13.4. The molecule has 0 atom stereocenters. The number of nitrogens with one attached hydrogen (secondary N) is 1. The van der Waals surface area contributed by atoms with Gasteiger partial charge in [-0.1, -0.05) is 23.7 Å². The minimum absolute atomic E-state index is 0.238. The van der Waals surface area contributed by atoms with Crippen LogP contribution >= 0.6 is 27.5 Å². The van der Waals surface area contributed by atoms with Crippen LogP contribution in [0.5, 0.6) is 0 Å². The predicted molar refractivity (Wildman–Crippen MR) is 77.6 cm³/mol. The second-order valence-electron chi connectivity index (χ2n) is 4.09. The Morgan fingerprint density at radius 1 is 1.22 bits per heavy atom. The monoisotopic (exact) mass is 327 g/mol. The standard InChI is InChI=1S/C14H12BrClFN/c1-9-2-5-14(13(17)6-9)18-8-10-3-4-11(15)12(16)7-10/h2-7,18H,8H2,1H3. The third kappa shape index (κ3) is 3.24. The van der Waals surface area contributed by atoms with Crippen molar-refractivity contribution in [3.63, 3.8) is 0 Å². The molecule has 0 amide bonds. The Labute approximate surface area is 119 Å². The summed E-state index contributed by atoms with van der Waals surface area (Å²) in [5, 5.41) is 3.71. The normalized spacial score (nSPS) is 10.4. The zero-order valence-electron chi connectivity index (χ0n) is 9.81. The molecule has 0 saturated carbocycles. The molecule has 2 aromatic rings. The Morgan fingerprint density at radius 2 is 2.00 bits per heavy atom. The van der Waals surface area contributed by atoms with Gasteiger partial charge in [0, 0.05) is 11.0 Å². The minimum atomic E-state index is -0.238. The predicted octanol–water partition coefficient (Wildman–Crippen LogP) is 5.16. The molecule has 0 spiro atoms. The zero-order chi connectivity index (χ0) is 13.1. The Balaban J connectivity index is 2.09. The van der Waals surface area contributed by atoms with Crippen molar-refractivity contribution >= 4 is 33.2 Å². The van der Waals surface area contributed by atoms with Crippen LogP contribution in [0.25, 0.3) is 0 Å². The van der Waals surface area contributed by atoms with Gasteiger partial charge in [0.2, 0.25) is 0 Å². The molecule has 0 bridgehead atoms. The van der Waals surface area contributed by atoms with E-state index in [4.69, 9.17) is 11.6 Å². The number of benzene rings is 2. The van der Waals surface area contributed by atoms with Gasteiger partial charge in [-0.15, -0.1) is 0 Å². The van der Waals surface area contributed by atoms with Gasteiger partial charge in [-0.25, -0.2) is 4.39 Å². The van der Waals surface area contributed by atoms with E-state index in [-0.39, 0.29) is 5.82 Å². The highest BCUT2D eigenvalue weighted by Crippen LogP contribution is 2.24. The molecule has 0 aliphatic carbocycles.